The molecule has 1 aromatic carbocycles. The predicted molar refractivity (Wildman–Crippen MR) is 95.9 cm³/mol. The molecule has 0 aliphatic rings. The first kappa shape index (κ1) is 17.3. The Morgan fingerprint density at radius 2 is 1.85 bits per heavy atom. The Balaban J connectivity index is 3.12. The van der Waals surface area contributed by atoms with Gasteiger partial charge in [0.25, 0.3) is 0 Å². The maximum Gasteiger partial charge on any atom is 0.107 e. The molecule has 3 N–H and O–H groups in total. The number of rotatable bonds is 5. The Morgan fingerprint density at radius 1 is 1.25 bits per heavy atom. The average Bonchev–Trinajstić information content (AvgIpc) is 2.23. The van der Waals surface area contributed by atoms with Crippen LogP contribution in [0.2, 0.25) is 0 Å². The minimum absolute atomic E-state index is 0.0190. The molecule has 0 spiro atoms. The lowest BCUT2D eigenvalue weighted by atomic mass is 9.81. The van der Waals surface area contributed by atoms with Crippen molar-refractivity contribution in [3.63, 3.8) is 0 Å². The van der Waals surface area contributed by atoms with Gasteiger partial charge in [-0.05, 0) is 44.1 Å². The molecule has 0 fully saturated rings. The van der Waals surface area contributed by atoms with Gasteiger partial charge in [-0.2, -0.15) is 0 Å². The van der Waals surface area contributed by atoms with Crippen LogP contribution in [0.5, 0.6) is 0 Å². The van der Waals surface area contributed by atoms with Gasteiger partial charge in [0.1, 0.15) is 4.99 Å². The van der Waals surface area contributed by atoms with E-state index in [1.54, 1.807) is 11.8 Å². The largest absolute Gasteiger partial charge is 0.389 e. The molecular formula is C16H26N2S2. The van der Waals surface area contributed by atoms with Gasteiger partial charge in [0.2, 0.25) is 0 Å². The fourth-order valence-electron chi connectivity index (χ4n) is 2.79. The molecule has 0 saturated carbocycles. The third-order valence-electron chi connectivity index (χ3n) is 2.94. The molecular weight excluding hydrogens is 284 g/mol. The minimum atomic E-state index is -0.0190. The second kappa shape index (κ2) is 6.35. The molecule has 0 aromatic heterocycles. The van der Waals surface area contributed by atoms with Crippen LogP contribution in [0.1, 0.15) is 46.6 Å². The number of nitrogens with two attached hydrogens (primary N) is 1. The lowest BCUT2D eigenvalue weighted by Crippen LogP contribution is -2.36. The smallest absolute Gasteiger partial charge is 0.107 e. The summed E-state index contributed by atoms with van der Waals surface area (Å²) < 4.78 is 0. The van der Waals surface area contributed by atoms with E-state index >= 15 is 0 Å². The number of thiocarbonyl (C=S) groups is 1. The maximum atomic E-state index is 5.92. The van der Waals surface area contributed by atoms with Crippen LogP contribution in [0.4, 0.5) is 5.69 Å². The Kier molecular flexibility index (Phi) is 5.50. The van der Waals surface area contributed by atoms with Crippen molar-refractivity contribution in [1.82, 2.24) is 0 Å². The van der Waals surface area contributed by atoms with E-state index in [-0.39, 0.29) is 11.0 Å². The van der Waals surface area contributed by atoms with Crippen molar-refractivity contribution in [2.24, 2.45) is 11.1 Å². The molecule has 4 heteroatoms. The molecule has 0 aliphatic heterocycles. The zero-order valence-electron chi connectivity index (χ0n) is 13.3. The molecule has 1 rings (SSSR count). The Labute approximate surface area is 132 Å². The first-order chi connectivity index (χ1) is 9.06. The second-order valence-electron chi connectivity index (χ2n) is 6.99. The van der Waals surface area contributed by atoms with E-state index in [4.69, 9.17) is 18.0 Å². The van der Waals surface area contributed by atoms with Crippen molar-refractivity contribution in [1.29, 1.82) is 0 Å². The molecule has 1 aromatic rings. The van der Waals surface area contributed by atoms with Crippen molar-refractivity contribution in [2.75, 3.05) is 11.6 Å². The van der Waals surface area contributed by atoms with Crippen molar-refractivity contribution in [2.45, 2.75) is 51.5 Å². The van der Waals surface area contributed by atoms with Gasteiger partial charge < -0.3 is 11.1 Å². The third kappa shape index (κ3) is 4.98. The van der Waals surface area contributed by atoms with E-state index in [9.17, 15) is 0 Å². The maximum absolute atomic E-state index is 5.92. The standard InChI is InChI=1S/C16H26N2S2/c1-15(2,3)10-16(4,5)18-11-8-7-9-12(20-6)13(11)14(17)19/h7-9,18H,10H2,1-6H3,(H2,17,19). The SMILES string of the molecule is CSc1cccc(NC(C)(C)CC(C)(C)C)c1C(N)=S. The van der Waals surface area contributed by atoms with Crippen LogP contribution in [-0.4, -0.2) is 16.8 Å². The molecule has 0 aliphatic carbocycles. The van der Waals surface area contributed by atoms with Gasteiger partial charge in [-0.15, -0.1) is 11.8 Å². The molecule has 112 valence electrons. The summed E-state index contributed by atoms with van der Waals surface area (Å²) in [6.45, 7) is 11.2. The highest BCUT2D eigenvalue weighted by atomic mass is 32.2. The Bertz CT molecular complexity index is 488. The monoisotopic (exact) mass is 310 g/mol. The third-order valence-corrected chi connectivity index (χ3v) is 3.92. The summed E-state index contributed by atoms with van der Waals surface area (Å²) in [4.78, 5) is 1.57. The number of anilines is 1. The summed E-state index contributed by atoms with van der Waals surface area (Å²) in [7, 11) is 0. The highest BCUT2D eigenvalue weighted by Gasteiger charge is 2.26. The number of nitrogens with one attached hydrogen (secondary N) is 1. The number of hydrogen-bond acceptors (Lipinski definition) is 3. The fourth-order valence-corrected chi connectivity index (χ4v) is 3.72. The number of thioether (sulfide) groups is 1. The van der Waals surface area contributed by atoms with Crippen LogP contribution in [0.3, 0.4) is 0 Å². The first-order valence-electron chi connectivity index (χ1n) is 6.81. The van der Waals surface area contributed by atoms with Gasteiger partial charge in [0.15, 0.2) is 0 Å². The van der Waals surface area contributed by atoms with Crippen LogP contribution in [0.15, 0.2) is 23.1 Å². The molecule has 0 amide bonds. The highest BCUT2D eigenvalue weighted by Crippen LogP contribution is 2.33. The fraction of sp³-hybridized carbons (Fsp3) is 0.562. The zero-order chi connectivity index (χ0) is 15.6. The van der Waals surface area contributed by atoms with Crippen LogP contribution in [0, 0.1) is 5.41 Å². The van der Waals surface area contributed by atoms with Crippen LogP contribution < -0.4 is 11.1 Å². The summed E-state index contributed by atoms with van der Waals surface area (Å²) in [5, 5.41) is 3.62. The Morgan fingerprint density at radius 3 is 2.30 bits per heavy atom. The summed E-state index contributed by atoms with van der Waals surface area (Å²) in [6.07, 6.45) is 3.10. The van der Waals surface area contributed by atoms with E-state index in [1.165, 1.54) is 0 Å². The summed E-state index contributed by atoms with van der Waals surface area (Å²) in [6, 6.07) is 6.16. The first-order valence-corrected chi connectivity index (χ1v) is 8.44. The van der Waals surface area contributed by atoms with E-state index < -0.39 is 0 Å². The van der Waals surface area contributed by atoms with Gasteiger partial charge >= 0.3 is 0 Å². The molecule has 0 unspecified atom stereocenters. The van der Waals surface area contributed by atoms with Gasteiger partial charge in [-0.25, -0.2) is 0 Å². The van der Waals surface area contributed by atoms with Crippen molar-refractivity contribution < 1.29 is 0 Å². The molecule has 0 radical (unpaired) electrons. The lowest BCUT2D eigenvalue weighted by Gasteiger charge is -2.35. The summed E-state index contributed by atoms with van der Waals surface area (Å²) >= 11 is 6.90. The summed E-state index contributed by atoms with van der Waals surface area (Å²) in [5.41, 5.74) is 8.14. The van der Waals surface area contributed by atoms with Crippen LogP contribution in [-0.2, 0) is 0 Å². The van der Waals surface area contributed by atoms with Crippen molar-refractivity contribution >= 4 is 34.7 Å². The molecule has 0 heterocycles. The highest BCUT2D eigenvalue weighted by molar-refractivity contribution is 7.98. The van der Waals surface area contributed by atoms with Gasteiger partial charge in [-0.1, -0.05) is 39.1 Å². The Hall–Kier alpha value is -0.740. The van der Waals surface area contributed by atoms with E-state index in [1.807, 2.05) is 12.3 Å². The lowest BCUT2D eigenvalue weighted by molar-refractivity contribution is 0.302. The van der Waals surface area contributed by atoms with Crippen LogP contribution >= 0.6 is 24.0 Å². The molecule has 2 nitrogen and oxygen atoms in total. The second-order valence-corrected chi connectivity index (χ2v) is 8.28. The number of hydrogen-bond donors (Lipinski definition) is 2. The van der Waals surface area contributed by atoms with E-state index in [0.29, 0.717) is 4.99 Å². The molecule has 0 bridgehead atoms. The van der Waals surface area contributed by atoms with Gasteiger partial charge in [0.05, 0.1) is 0 Å². The predicted octanol–water partition coefficient (Wildman–Crippen LogP) is 4.67. The molecule has 0 saturated heterocycles. The minimum Gasteiger partial charge on any atom is -0.389 e. The zero-order valence-corrected chi connectivity index (χ0v) is 15.0. The molecule has 20 heavy (non-hydrogen) atoms. The number of benzene rings is 1. The summed E-state index contributed by atoms with van der Waals surface area (Å²) in [5.74, 6) is 0. The quantitative estimate of drug-likeness (QED) is 0.612. The van der Waals surface area contributed by atoms with Crippen molar-refractivity contribution in [3.05, 3.63) is 23.8 Å². The van der Waals surface area contributed by atoms with Crippen molar-refractivity contribution in [3.8, 4) is 0 Å². The molecule has 0 atom stereocenters. The normalized spacial score (nSPS) is 12.3. The van der Waals surface area contributed by atoms with Gasteiger partial charge in [-0.3, -0.25) is 0 Å². The van der Waals surface area contributed by atoms with Gasteiger partial charge in [0, 0.05) is 21.7 Å². The topological polar surface area (TPSA) is 38.0 Å². The van der Waals surface area contributed by atoms with E-state index in [0.717, 1.165) is 22.6 Å². The average molecular weight is 311 g/mol. The van der Waals surface area contributed by atoms with E-state index in [2.05, 4.69) is 52.1 Å². The van der Waals surface area contributed by atoms with Crippen LogP contribution in [0.25, 0.3) is 0 Å².